The first-order chi connectivity index (χ1) is 15.8. The zero-order chi connectivity index (χ0) is 25.4. The summed E-state index contributed by atoms with van der Waals surface area (Å²) >= 11 is 0. The third-order valence-electron chi connectivity index (χ3n) is 6.37. The second kappa shape index (κ2) is 9.61. The van der Waals surface area contributed by atoms with Crippen LogP contribution in [-0.2, 0) is 18.3 Å². The molecular weight excluding hydrogens is 426 g/mol. The zero-order valence-corrected chi connectivity index (χ0v) is 22.2. The van der Waals surface area contributed by atoms with Crippen LogP contribution in [0.5, 0.6) is 11.5 Å². The molecule has 184 valence electrons. The van der Waals surface area contributed by atoms with E-state index in [0.29, 0.717) is 11.5 Å². The third-order valence-corrected chi connectivity index (χ3v) is 6.37. The number of likely N-dealkylation sites (N-methyl/N-ethyl adjacent to an activating group) is 1. The summed E-state index contributed by atoms with van der Waals surface area (Å²) in [5.74, 6) is 1.41. The number of benzene rings is 1. The molecule has 1 amide bonds. The summed E-state index contributed by atoms with van der Waals surface area (Å²) in [5, 5.41) is 0. The number of rotatable bonds is 6. The van der Waals surface area contributed by atoms with E-state index >= 15 is 0 Å². The highest BCUT2D eigenvalue weighted by Gasteiger charge is 2.32. The van der Waals surface area contributed by atoms with Crippen LogP contribution in [0.3, 0.4) is 0 Å². The molecule has 0 N–H and O–H groups in total. The number of methoxy groups -OCH3 is 1. The molecule has 34 heavy (non-hydrogen) atoms. The molecule has 0 aliphatic carbocycles. The van der Waals surface area contributed by atoms with Crippen LogP contribution in [0.25, 0.3) is 5.70 Å². The smallest absolute Gasteiger partial charge is 0.251 e. The normalized spacial score (nSPS) is 15.2. The number of fused-ring (bicyclic) bond motifs is 1. The van der Waals surface area contributed by atoms with Gasteiger partial charge in [0.25, 0.3) is 5.91 Å². The van der Waals surface area contributed by atoms with Crippen molar-refractivity contribution in [3.05, 3.63) is 59.6 Å². The second-order valence-corrected chi connectivity index (χ2v) is 10.3. The Bertz CT molecular complexity index is 1120. The van der Waals surface area contributed by atoms with Crippen LogP contribution in [-0.4, -0.2) is 41.2 Å². The van der Waals surface area contributed by atoms with E-state index in [-0.39, 0.29) is 17.6 Å². The van der Waals surface area contributed by atoms with Crippen molar-refractivity contribution in [2.45, 2.75) is 66.0 Å². The first kappa shape index (κ1) is 25.5. The number of carbonyl (C=O) groups is 1. The van der Waals surface area contributed by atoms with Crippen molar-refractivity contribution in [3.8, 4) is 11.5 Å². The fourth-order valence-corrected chi connectivity index (χ4v) is 4.16. The Balaban J connectivity index is 2.21. The van der Waals surface area contributed by atoms with Crippen LogP contribution in [0.2, 0.25) is 0 Å². The van der Waals surface area contributed by atoms with E-state index in [0.717, 1.165) is 46.6 Å². The van der Waals surface area contributed by atoms with Gasteiger partial charge in [-0.1, -0.05) is 6.58 Å². The number of hydrogen-bond acceptors (Lipinski definition) is 4. The molecule has 0 spiro atoms. The highest BCUT2D eigenvalue weighted by atomic mass is 16.5. The lowest BCUT2D eigenvalue weighted by atomic mass is 9.94. The Morgan fingerprint density at radius 3 is 2.38 bits per heavy atom. The lowest BCUT2D eigenvalue weighted by Gasteiger charge is -2.38. The predicted molar refractivity (Wildman–Crippen MR) is 139 cm³/mol. The summed E-state index contributed by atoms with van der Waals surface area (Å²) < 4.78 is 13.7. The molecule has 1 aromatic heterocycles. The lowest BCUT2D eigenvalue weighted by Crippen LogP contribution is -2.44. The summed E-state index contributed by atoms with van der Waals surface area (Å²) in [6, 6.07) is 6.11. The molecule has 6 heteroatoms. The van der Waals surface area contributed by atoms with Gasteiger partial charge in [-0.15, -0.1) is 0 Å². The number of anilines is 1. The standard InChI is InChI=1S/C28H39N3O3/c1-18(2)34-26-16-24-21(15-25(26)33-10)11-12-23(19(3)27(32)30(9)28(5,6)7)31(24)20(4)22-13-14-29(8)17-22/h13-18H,4,11-12H2,1-3,5-10H3/b23-19+. The number of amides is 1. The topological polar surface area (TPSA) is 46.9 Å². The molecule has 0 saturated carbocycles. The summed E-state index contributed by atoms with van der Waals surface area (Å²) in [5.41, 5.74) is 5.33. The number of ether oxygens (including phenoxy) is 2. The maximum Gasteiger partial charge on any atom is 0.251 e. The van der Waals surface area contributed by atoms with Crippen LogP contribution in [0, 0.1) is 0 Å². The van der Waals surface area contributed by atoms with E-state index < -0.39 is 0 Å². The maximum absolute atomic E-state index is 13.5. The molecular formula is C28H39N3O3. The minimum atomic E-state index is -0.279. The highest BCUT2D eigenvalue weighted by molar-refractivity contribution is 5.97. The van der Waals surface area contributed by atoms with E-state index in [4.69, 9.17) is 9.47 Å². The molecule has 0 saturated heterocycles. The Kier molecular flexibility index (Phi) is 7.20. The third kappa shape index (κ3) is 5.01. The van der Waals surface area contributed by atoms with Crippen LogP contribution >= 0.6 is 0 Å². The van der Waals surface area contributed by atoms with Crippen LogP contribution in [0.1, 0.15) is 59.1 Å². The molecule has 3 rings (SSSR count). The lowest BCUT2D eigenvalue weighted by molar-refractivity contribution is -0.129. The van der Waals surface area contributed by atoms with E-state index in [2.05, 4.69) is 11.5 Å². The van der Waals surface area contributed by atoms with Crippen molar-refractivity contribution in [1.82, 2.24) is 9.47 Å². The minimum Gasteiger partial charge on any atom is -0.493 e. The molecule has 0 unspecified atom stereocenters. The summed E-state index contributed by atoms with van der Waals surface area (Å²) in [6.45, 7) is 16.5. The molecule has 0 fully saturated rings. The van der Waals surface area contributed by atoms with Gasteiger partial charge in [-0.2, -0.15) is 0 Å². The Morgan fingerprint density at radius 1 is 1.18 bits per heavy atom. The number of nitrogens with zero attached hydrogens (tertiary/aromatic N) is 3. The van der Waals surface area contributed by atoms with Gasteiger partial charge in [0, 0.05) is 60.6 Å². The Morgan fingerprint density at radius 2 is 1.85 bits per heavy atom. The fourth-order valence-electron chi connectivity index (χ4n) is 4.16. The van der Waals surface area contributed by atoms with Crippen molar-refractivity contribution in [2.75, 3.05) is 19.1 Å². The molecule has 2 aromatic rings. The first-order valence-corrected chi connectivity index (χ1v) is 11.8. The Hall–Kier alpha value is -3.15. The van der Waals surface area contributed by atoms with Crippen LogP contribution < -0.4 is 14.4 Å². The molecule has 2 heterocycles. The van der Waals surface area contributed by atoms with E-state index in [1.165, 1.54) is 0 Å². The second-order valence-electron chi connectivity index (χ2n) is 10.3. The van der Waals surface area contributed by atoms with Gasteiger partial charge in [-0.25, -0.2) is 0 Å². The predicted octanol–water partition coefficient (Wildman–Crippen LogP) is 5.78. The number of aryl methyl sites for hydroxylation is 2. The Labute approximate surface area is 204 Å². The van der Waals surface area contributed by atoms with Gasteiger partial charge in [0.1, 0.15) is 0 Å². The monoisotopic (exact) mass is 465 g/mol. The number of aromatic nitrogens is 1. The van der Waals surface area contributed by atoms with Crippen molar-refractivity contribution >= 4 is 17.3 Å². The van der Waals surface area contributed by atoms with Gasteiger partial charge >= 0.3 is 0 Å². The van der Waals surface area contributed by atoms with Gasteiger partial charge in [-0.05, 0) is 72.1 Å². The minimum absolute atomic E-state index is 0.0000713. The average molecular weight is 466 g/mol. The van der Waals surface area contributed by atoms with Crippen molar-refractivity contribution in [1.29, 1.82) is 0 Å². The summed E-state index contributed by atoms with van der Waals surface area (Å²) in [6.07, 6.45) is 5.57. The molecule has 1 aliphatic heterocycles. The van der Waals surface area contributed by atoms with Crippen molar-refractivity contribution in [2.24, 2.45) is 7.05 Å². The molecule has 1 aromatic carbocycles. The van der Waals surface area contributed by atoms with Crippen molar-refractivity contribution < 1.29 is 14.3 Å². The number of allylic oxidation sites excluding steroid dienone is 1. The summed E-state index contributed by atoms with van der Waals surface area (Å²) in [4.78, 5) is 17.4. The number of hydrogen-bond donors (Lipinski definition) is 0. The molecule has 1 aliphatic rings. The molecule has 6 nitrogen and oxygen atoms in total. The van der Waals surface area contributed by atoms with Gasteiger partial charge < -0.3 is 23.8 Å². The molecule has 0 radical (unpaired) electrons. The highest BCUT2D eigenvalue weighted by Crippen LogP contribution is 2.45. The van der Waals surface area contributed by atoms with Crippen LogP contribution in [0.15, 0.2) is 48.4 Å². The van der Waals surface area contributed by atoms with Gasteiger partial charge in [-0.3, -0.25) is 4.79 Å². The van der Waals surface area contributed by atoms with Crippen LogP contribution in [0.4, 0.5) is 5.69 Å². The van der Waals surface area contributed by atoms with Crippen molar-refractivity contribution in [3.63, 3.8) is 0 Å². The quantitative estimate of drug-likeness (QED) is 0.508. The molecule has 0 atom stereocenters. The van der Waals surface area contributed by atoms with Gasteiger partial charge in [0.2, 0.25) is 0 Å². The van der Waals surface area contributed by atoms with Gasteiger partial charge in [0.15, 0.2) is 11.5 Å². The average Bonchev–Trinajstić information content (AvgIpc) is 3.21. The largest absolute Gasteiger partial charge is 0.493 e. The fraction of sp³-hybridized carbons (Fsp3) is 0.464. The SMILES string of the molecule is C=C(c1ccn(C)c1)N1/C(=C(\C)C(=O)N(C)C(C)(C)C)CCc2cc(OC)c(OC(C)C)cc21. The van der Waals surface area contributed by atoms with E-state index in [1.807, 2.05) is 90.8 Å². The first-order valence-electron chi connectivity index (χ1n) is 11.8. The number of carbonyl (C=O) groups excluding carboxylic acids is 1. The molecule has 0 bridgehead atoms. The summed E-state index contributed by atoms with van der Waals surface area (Å²) in [7, 11) is 5.51. The maximum atomic E-state index is 13.5. The van der Waals surface area contributed by atoms with Gasteiger partial charge in [0.05, 0.1) is 18.9 Å². The van der Waals surface area contributed by atoms with E-state index in [1.54, 1.807) is 12.0 Å². The van der Waals surface area contributed by atoms with E-state index in [9.17, 15) is 4.79 Å². The zero-order valence-electron chi connectivity index (χ0n) is 22.2.